The summed E-state index contributed by atoms with van der Waals surface area (Å²) in [6.07, 6.45) is 0. The summed E-state index contributed by atoms with van der Waals surface area (Å²) in [4.78, 5) is 81.1. The first kappa shape index (κ1) is 58.7. The lowest BCUT2D eigenvalue weighted by atomic mass is 10.1. The number of carbonyl (C=O) groups is 7. The molecule has 0 fully saturated rings. The Morgan fingerprint density at radius 2 is 0.590 bits per heavy atom. The molecule has 8 rings (SSSR count). The van der Waals surface area contributed by atoms with Gasteiger partial charge in [0.1, 0.15) is 11.5 Å². The number of benzene rings is 8. The van der Waals surface area contributed by atoms with Crippen molar-refractivity contribution in [2.45, 2.75) is 27.7 Å². The van der Waals surface area contributed by atoms with Crippen LogP contribution >= 0.6 is 0 Å². The second-order valence-electron chi connectivity index (χ2n) is 17.2. The van der Waals surface area contributed by atoms with E-state index in [2.05, 4.69) is 37.2 Å². The van der Waals surface area contributed by atoms with Gasteiger partial charge in [0, 0.05) is 113 Å². The topological polar surface area (TPSA) is 213 Å². The van der Waals surface area contributed by atoms with Crippen LogP contribution in [0.1, 0.15) is 100 Å². The Bertz CT molecular complexity index is 3320. The number of anilines is 7. The summed E-state index contributed by atoms with van der Waals surface area (Å²) >= 11 is 0. The van der Waals surface area contributed by atoms with E-state index in [0.29, 0.717) is 50.5 Å². The maximum atomic E-state index is 12.3. The lowest BCUT2D eigenvalue weighted by Gasteiger charge is -2.09. The highest BCUT2D eigenvalue weighted by Gasteiger charge is 2.11. The molecule has 0 atom stereocenters. The Labute approximate surface area is 454 Å². The van der Waals surface area contributed by atoms with Gasteiger partial charge in [-0.1, -0.05) is 48.5 Å². The van der Waals surface area contributed by atoms with Crippen LogP contribution in [0, 0.1) is 0 Å². The Morgan fingerprint density at radius 1 is 0.269 bits per heavy atom. The zero-order chi connectivity index (χ0) is 56.6. The number of rotatable bonds is 16. The van der Waals surface area contributed by atoms with Crippen molar-refractivity contribution in [2.75, 3.05) is 65.4 Å². The van der Waals surface area contributed by atoms with E-state index in [1.165, 1.54) is 20.8 Å². The van der Waals surface area contributed by atoms with Crippen LogP contribution in [0.4, 0.5) is 39.8 Å². The minimum atomic E-state index is -0.236. The molecule has 15 nitrogen and oxygen atoms in total. The summed E-state index contributed by atoms with van der Waals surface area (Å²) in [5.41, 5.74) is 9.91. The lowest BCUT2D eigenvalue weighted by molar-refractivity contribution is 0.100. The van der Waals surface area contributed by atoms with Crippen molar-refractivity contribution in [1.82, 2.24) is 0 Å². The van der Waals surface area contributed by atoms with Gasteiger partial charge in [0.05, 0.1) is 0 Å². The Balaban J connectivity index is 0.000000199. The van der Waals surface area contributed by atoms with E-state index in [0.717, 1.165) is 39.7 Å². The van der Waals surface area contributed by atoms with Crippen molar-refractivity contribution >= 4 is 80.7 Å². The summed E-state index contributed by atoms with van der Waals surface area (Å²) in [6.45, 7) is 6.04. The van der Waals surface area contributed by atoms with E-state index < -0.39 is 0 Å². The van der Waals surface area contributed by atoms with Gasteiger partial charge in [0.2, 0.25) is 0 Å². The monoisotopic (exact) mass is 1050 g/mol. The highest BCUT2D eigenvalue weighted by Crippen LogP contribution is 2.26. The first-order chi connectivity index (χ1) is 37.5. The van der Waals surface area contributed by atoms with Crippen LogP contribution in [0.5, 0.6) is 11.5 Å². The highest BCUT2D eigenvalue weighted by atomic mass is 16.5. The molecule has 15 heteroatoms. The van der Waals surface area contributed by atoms with E-state index in [1.54, 1.807) is 104 Å². The lowest BCUT2D eigenvalue weighted by Crippen LogP contribution is -2.12. The van der Waals surface area contributed by atoms with Gasteiger partial charge in [-0.3, -0.25) is 33.6 Å². The molecule has 0 bridgehead atoms. The minimum Gasteiger partial charge on any atom is -0.457 e. The molecule has 7 N–H and O–H groups in total. The Hall–Kier alpha value is -10.2. The third-order valence-corrected chi connectivity index (χ3v) is 11.5. The SMILES string of the molecule is CNc1ccc(C(C)=O)cc1.CNc1ccc(NC(=O)c2ccc(C(C)=O)cc2)cc1.CNc1cccc(NC(=O)c2cccc(C(C)=O)c2)c1.CNc1cccc(Oc2ccc(NC(=O)c3ccc(C(C)=O)cc3)cc2)c1. The van der Waals surface area contributed by atoms with Crippen molar-refractivity contribution in [1.29, 1.82) is 0 Å². The van der Waals surface area contributed by atoms with Gasteiger partial charge in [0.15, 0.2) is 23.1 Å². The van der Waals surface area contributed by atoms with Crippen LogP contribution in [0.25, 0.3) is 0 Å². The maximum absolute atomic E-state index is 12.3. The average Bonchev–Trinajstić information content (AvgIpc) is 3.46. The van der Waals surface area contributed by atoms with Crippen LogP contribution < -0.4 is 42.0 Å². The van der Waals surface area contributed by atoms with Gasteiger partial charge in [0.25, 0.3) is 17.7 Å². The molecule has 0 heterocycles. The predicted molar refractivity (Wildman–Crippen MR) is 314 cm³/mol. The van der Waals surface area contributed by atoms with E-state index in [1.807, 2.05) is 125 Å². The molecule has 0 saturated heterocycles. The maximum Gasteiger partial charge on any atom is 0.255 e. The fourth-order valence-corrected chi connectivity index (χ4v) is 7.00. The molecule has 0 saturated carbocycles. The standard InChI is InChI=1S/C22H20N2O3.2C16H16N2O2.C9H11NO/c1-15(25)16-6-8-17(9-7-16)22(26)24-18-10-12-20(13-11-18)27-21-5-3-4-19(14-21)23-2;1-11(19)12-3-5-13(6-4-12)16(20)18-15-9-7-14(17-2)8-10-15;1-11(19)12-5-3-6-13(9-12)16(20)18-15-8-4-7-14(10-15)17-2;1-7(11)8-3-5-9(10-2)6-4-8/h3-14,23H,1-2H3,(H,24,26);2*3-10,17H,1-2H3,(H,18,20);3-6,10H,1-2H3. The Kier molecular flexibility index (Phi) is 22.3. The van der Waals surface area contributed by atoms with Gasteiger partial charge < -0.3 is 42.0 Å². The number of ether oxygens (including phenoxy) is 1. The molecular weight excluding hydrogens is 983 g/mol. The summed E-state index contributed by atoms with van der Waals surface area (Å²) in [5, 5.41) is 20.5. The van der Waals surface area contributed by atoms with Gasteiger partial charge in [-0.2, -0.15) is 0 Å². The first-order valence-corrected chi connectivity index (χ1v) is 24.7. The van der Waals surface area contributed by atoms with E-state index in [4.69, 9.17) is 4.74 Å². The molecule has 398 valence electrons. The van der Waals surface area contributed by atoms with Crippen LogP contribution in [-0.4, -0.2) is 69.0 Å². The first-order valence-electron chi connectivity index (χ1n) is 24.7. The smallest absolute Gasteiger partial charge is 0.255 e. The third kappa shape index (κ3) is 18.7. The average molecular weight is 1050 g/mol. The molecule has 0 aliphatic heterocycles. The number of Topliss-reactive ketones (excluding diaryl/α,β-unsaturated/α-hetero) is 4. The molecule has 0 spiro atoms. The molecule has 0 radical (unpaired) electrons. The molecule has 0 aromatic heterocycles. The molecule has 0 unspecified atom stereocenters. The van der Waals surface area contributed by atoms with Crippen molar-refractivity contribution in [3.8, 4) is 11.5 Å². The molecular formula is C63H63N7O8. The zero-order valence-corrected chi connectivity index (χ0v) is 44.7. The number of hydrogen-bond donors (Lipinski definition) is 7. The summed E-state index contributed by atoms with van der Waals surface area (Å²) in [7, 11) is 7.36. The summed E-state index contributed by atoms with van der Waals surface area (Å²) in [6, 6.07) is 56.9. The quantitative estimate of drug-likeness (QED) is 0.0451. The molecule has 8 aromatic rings. The highest BCUT2D eigenvalue weighted by molar-refractivity contribution is 6.07. The van der Waals surface area contributed by atoms with Crippen molar-refractivity contribution in [3.63, 3.8) is 0 Å². The zero-order valence-electron chi connectivity index (χ0n) is 44.7. The van der Waals surface area contributed by atoms with Gasteiger partial charge in [-0.15, -0.1) is 0 Å². The van der Waals surface area contributed by atoms with Gasteiger partial charge >= 0.3 is 0 Å². The normalized spacial score (nSPS) is 9.90. The predicted octanol–water partition coefficient (Wildman–Crippen LogP) is 13.3. The van der Waals surface area contributed by atoms with Crippen LogP contribution in [0.3, 0.4) is 0 Å². The molecule has 0 aliphatic rings. The Morgan fingerprint density at radius 3 is 1.04 bits per heavy atom. The van der Waals surface area contributed by atoms with Crippen molar-refractivity contribution in [2.24, 2.45) is 0 Å². The fraction of sp³-hybridized carbons (Fsp3) is 0.127. The number of ketones is 4. The second-order valence-corrected chi connectivity index (χ2v) is 17.2. The number of nitrogens with one attached hydrogen (secondary N) is 7. The third-order valence-electron chi connectivity index (χ3n) is 11.5. The second kappa shape index (κ2) is 29.7. The van der Waals surface area contributed by atoms with E-state index in [-0.39, 0.29) is 40.9 Å². The molecule has 0 aliphatic carbocycles. The number of amides is 3. The molecule has 3 amide bonds. The minimum absolute atomic E-state index is 0.0142. The largest absolute Gasteiger partial charge is 0.457 e. The van der Waals surface area contributed by atoms with Gasteiger partial charge in [-0.25, -0.2) is 0 Å². The number of carbonyl (C=O) groups excluding carboxylic acids is 7. The van der Waals surface area contributed by atoms with Crippen LogP contribution in [0.15, 0.2) is 194 Å². The fourth-order valence-electron chi connectivity index (χ4n) is 7.00. The van der Waals surface area contributed by atoms with E-state index in [9.17, 15) is 33.6 Å². The summed E-state index contributed by atoms with van der Waals surface area (Å²) in [5.74, 6) is 0.734. The summed E-state index contributed by atoms with van der Waals surface area (Å²) < 4.78 is 5.82. The van der Waals surface area contributed by atoms with Crippen molar-refractivity contribution in [3.05, 3.63) is 233 Å². The molecule has 78 heavy (non-hydrogen) atoms. The van der Waals surface area contributed by atoms with Gasteiger partial charge in [-0.05, 0) is 167 Å². The van der Waals surface area contributed by atoms with Crippen molar-refractivity contribution < 1.29 is 38.3 Å². The molecule has 8 aromatic carbocycles. The van der Waals surface area contributed by atoms with E-state index >= 15 is 0 Å². The number of hydrogen-bond acceptors (Lipinski definition) is 12. The van der Waals surface area contributed by atoms with Crippen LogP contribution in [-0.2, 0) is 0 Å². The van der Waals surface area contributed by atoms with Crippen LogP contribution in [0.2, 0.25) is 0 Å².